The molecule has 6 nitrogen and oxygen atoms in total. The first-order chi connectivity index (χ1) is 11.4. The number of nitrogens with one attached hydrogen (secondary N) is 1. The number of rotatable bonds is 4. The van der Waals surface area contributed by atoms with Crippen molar-refractivity contribution < 1.29 is 4.42 Å². The van der Waals surface area contributed by atoms with Crippen LogP contribution < -0.4 is 0 Å². The average molecular weight is 309 g/mol. The highest BCUT2D eigenvalue weighted by atomic mass is 16.4. The molecule has 0 bridgehead atoms. The van der Waals surface area contributed by atoms with E-state index in [0.717, 1.165) is 38.0 Å². The van der Waals surface area contributed by atoms with Gasteiger partial charge in [0, 0.05) is 11.8 Å². The van der Waals surface area contributed by atoms with E-state index in [2.05, 4.69) is 25.3 Å². The second-order valence-corrected chi connectivity index (χ2v) is 5.95. The maximum absolute atomic E-state index is 5.79. The monoisotopic (exact) mass is 309 g/mol. The number of aromatic amines is 1. The van der Waals surface area contributed by atoms with Gasteiger partial charge in [0.1, 0.15) is 0 Å². The van der Waals surface area contributed by atoms with Crippen LogP contribution in [-0.2, 0) is 6.54 Å². The summed E-state index contributed by atoms with van der Waals surface area (Å²) in [4.78, 5) is 2.37. The Bertz CT molecular complexity index is 729. The molecule has 2 aromatic heterocycles. The first-order valence-corrected chi connectivity index (χ1v) is 7.97. The molecule has 1 aliphatic heterocycles. The Balaban J connectivity index is 1.36. The molecule has 4 rings (SSSR count). The summed E-state index contributed by atoms with van der Waals surface area (Å²) < 4.78 is 5.79. The van der Waals surface area contributed by atoms with Gasteiger partial charge in [-0.2, -0.15) is 5.10 Å². The number of nitrogens with zero attached hydrogens (tertiary/aromatic N) is 4. The fourth-order valence-corrected chi connectivity index (χ4v) is 3.11. The first-order valence-electron chi connectivity index (χ1n) is 7.97. The van der Waals surface area contributed by atoms with Gasteiger partial charge in [-0.25, -0.2) is 0 Å². The van der Waals surface area contributed by atoms with Gasteiger partial charge in [0.2, 0.25) is 11.8 Å². The highest BCUT2D eigenvalue weighted by molar-refractivity contribution is 5.51. The van der Waals surface area contributed by atoms with E-state index in [-0.39, 0.29) is 0 Å². The number of likely N-dealkylation sites (tertiary alicyclic amines) is 1. The van der Waals surface area contributed by atoms with E-state index >= 15 is 0 Å². The molecule has 0 amide bonds. The van der Waals surface area contributed by atoms with E-state index in [1.807, 2.05) is 42.7 Å². The van der Waals surface area contributed by atoms with Crippen LogP contribution in [0, 0.1) is 0 Å². The van der Waals surface area contributed by atoms with Crippen LogP contribution in [0.1, 0.15) is 30.2 Å². The molecule has 0 atom stereocenters. The average Bonchev–Trinajstić information content (AvgIpc) is 3.28. The Hall–Kier alpha value is -2.47. The van der Waals surface area contributed by atoms with Crippen LogP contribution in [0.15, 0.2) is 47.1 Å². The van der Waals surface area contributed by atoms with Gasteiger partial charge in [0.05, 0.1) is 12.7 Å². The van der Waals surface area contributed by atoms with E-state index in [1.165, 1.54) is 5.56 Å². The largest absolute Gasteiger partial charge is 0.419 e. The SMILES string of the molecule is c1ccc(-c2nnc(CN3CCC(c4cn[nH]c4)CC3)o2)cc1. The topological polar surface area (TPSA) is 70.8 Å². The molecule has 1 aromatic carbocycles. The molecule has 1 fully saturated rings. The summed E-state index contributed by atoms with van der Waals surface area (Å²) >= 11 is 0. The van der Waals surface area contributed by atoms with Crippen molar-refractivity contribution in [3.63, 3.8) is 0 Å². The van der Waals surface area contributed by atoms with Crippen LogP contribution in [0.25, 0.3) is 11.5 Å². The lowest BCUT2D eigenvalue weighted by Gasteiger charge is -2.30. The summed E-state index contributed by atoms with van der Waals surface area (Å²) in [5.41, 5.74) is 2.28. The molecule has 3 aromatic rings. The van der Waals surface area contributed by atoms with Gasteiger partial charge < -0.3 is 4.42 Å². The molecule has 0 radical (unpaired) electrons. The Morgan fingerprint density at radius 3 is 2.70 bits per heavy atom. The van der Waals surface area contributed by atoms with E-state index in [0.29, 0.717) is 17.7 Å². The van der Waals surface area contributed by atoms with Crippen LogP contribution >= 0.6 is 0 Å². The molecule has 0 saturated carbocycles. The second kappa shape index (κ2) is 6.34. The quantitative estimate of drug-likeness (QED) is 0.802. The van der Waals surface area contributed by atoms with Crippen LogP contribution in [0.2, 0.25) is 0 Å². The van der Waals surface area contributed by atoms with Gasteiger partial charge in [-0.15, -0.1) is 10.2 Å². The molecule has 1 saturated heterocycles. The zero-order valence-electron chi connectivity index (χ0n) is 12.9. The standard InChI is InChI=1S/C17H19N5O/c1-2-4-14(5-3-1)17-21-20-16(23-17)12-22-8-6-13(7-9-22)15-10-18-19-11-15/h1-5,10-11,13H,6-9,12H2,(H,18,19). The normalized spacial score (nSPS) is 16.7. The van der Waals surface area contributed by atoms with Crippen molar-refractivity contribution in [3.05, 3.63) is 54.2 Å². The maximum atomic E-state index is 5.79. The number of hydrogen-bond acceptors (Lipinski definition) is 5. The van der Waals surface area contributed by atoms with Gasteiger partial charge in [0.25, 0.3) is 0 Å². The van der Waals surface area contributed by atoms with Gasteiger partial charge in [-0.05, 0) is 49.5 Å². The third kappa shape index (κ3) is 3.17. The number of hydrogen-bond donors (Lipinski definition) is 1. The third-order valence-electron chi connectivity index (χ3n) is 4.42. The lowest BCUT2D eigenvalue weighted by molar-refractivity contribution is 0.188. The maximum Gasteiger partial charge on any atom is 0.247 e. The van der Waals surface area contributed by atoms with E-state index in [4.69, 9.17) is 4.42 Å². The minimum Gasteiger partial charge on any atom is -0.419 e. The smallest absolute Gasteiger partial charge is 0.247 e. The van der Waals surface area contributed by atoms with E-state index in [9.17, 15) is 0 Å². The van der Waals surface area contributed by atoms with Crippen molar-refractivity contribution in [2.45, 2.75) is 25.3 Å². The summed E-state index contributed by atoms with van der Waals surface area (Å²) in [7, 11) is 0. The summed E-state index contributed by atoms with van der Waals surface area (Å²) in [6, 6.07) is 9.88. The third-order valence-corrected chi connectivity index (χ3v) is 4.42. The van der Waals surface area contributed by atoms with E-state index < -0.39 is 0 Å². The fourth-order valence-electron chi connectivity index (χ4n) is 3.11. The molecule has 6 heteroatoms. The fraction of sp³-hybridized carbons (Fsp3) is 0.353. The van der Waals surface area contributed by atoms with E-state index in [1.54, 1.807) is 0 Å². The molecule has 3 heterocycles. The van der Waals surface area contributed by atoms with Crippen molar-refractivity contribution in [2.24, 2.45) is 0 Å². The zero-order chi connectivity index (χ0) is 15.5. The van der Waals surface area contributed by atoms with Gasteiger partial charge >= 0.3 is 0 Å². The zero-order valence-corrected chi connectivity index (χ0v) is 12.9. The minimum atomic E-state index is 0.592. The Labute approximate surface area is 134 Å². The lowest BCUT2D eigenvalue weighted by atomic mass is 9.92. The predicted octanol–water partition coefficient (Wildman–Crippen LogP) is 2.84. The molecule has 1 aliphatic rings. The summed E-state index contributed by atoms with van der Waals surface area (Å²) in [6.07, 6.45) is 6.22. The summed E-state index contributed by atoms with van der Waals surface area (Å²) in [5.74, 6) is 1.88. The summed E-state index contributed by atoms with van der Waals surface area (Å²) in [6.45, 7) is 2.80. The molecule has 0 aliphatic carbocycles. The van der Waals surface area contributed by atoms with Crippen molar-refractivity contribution in [2.75, 3.05) is 13.1 Å². The Morgan fingerprint density at radius 1 is 1.13 bits per heavy atom. The van der Waals surface area contributed by atoms with Crippen molar-refractivity contribution in [1.82, 2.24) is 25.3 Å². The Morgan fingerprint density at radius 2 is 1.96 bits per heavy atom. The molecule has 23 heavy (non-hydrogen) atoms. The Kier molecular flexibility index (Phi) is 3.90. The predicted molar refractivity (Wildman–Crippen MR) is 85.6 cm³/mol. The van der Waals surface area contributed by atoms with Gasteiger partial charge in [-0.1, -0.05) is 18.2 Å². The molecule has 0 unspecified atom stereocenters. The van der Waals surface area contributed by atoms with Crippen molar-refractivity contribution in [3.8, 4) is 11.5 Å². The number of aromatic nitrogens is 4. The molecular weight excluding hydrogens is 290 g/mol. The van der Waals surface area contributed by atoms with Crippen LogP contribution in [0.3, 0.4) is 0 Å². The van der Waals surface area contributed by atoms with Crippen LogP contribution in [-0.4, -0.2) is 38.4 Å². The van der Waals surface area contributed by atoms with Crippen LogP contribution in [0.5, 0.6) is 0 Å². The van der Waals surface area contributed by atoms with Gasteiger partial charge in [0.15, 0.2) is 0 Å². The highest BCUT2D eigenvalue weighted by Crippen LogP contribution is 2.28. The highest BCUT2D eigenvalue weighted by Gasteiger charge is 2.22. The second-order valence-electron chi connectivity index (χ2n) is 5.95. The van der Waals surface area contributed by atoms with Crippen molar-refractivity contribution in [1.29, 1.82) is 0 Å². The molecule has 1 N–H and O–H groups in total. The molecule has 0 spiro atoms. The van der Waals surface area contributed by atoms with Gasteiger partial charge in [-0.3, -0.25) is 10.00 Å². The van der Waals surface area contributed by atoms with Crippen LogP contribution in [0.4, 0.5) is 0 Å². The number of benzene rings is 1. The molecule has 118 valence electrons. The minimum absolute atomic E-state index is 0.592. The summed E-state index contributed by atoms with van der Waals surface area (Å²) in [5, 5.41) is 15.3. The molecular formula is C17H19N5O. The van der Waals surface area contributed by atoms with Crippen molar-refractivity contribution >= 4 is 0 Å². The number of piperidine rings is 1. The lowest BCUT2D eigenvalue weighted by Crippen LogP contribution is -2.32. The number of H-pyrrole nitrogens is 1. The first kappa shape index (κ1) is 14.1.